The van der Waals surface area contributed by atoms with Crippen molar-refractivity contribution in [3.05, 3.63) is 30.1 Å². The van der Waals surface area contributed by atoms with Crippen LogP contribution in [0, 0.1) is 5.92 Å². The van der Waals surface area contributed by atoms with E-state index >= 15 is 0 Å². The van der Waals surface area contributed by atoms with Crippen molar-refractivity contribution in [1.82, 2.24) is 15.3 Å². The average molecular weight is 220 g/mol. The second kappa shape index (κ2) is 5.05. The van der Waals surface area contributed by atoms with Gasteiger partial charge in [-0.1, -0.05) is 6.07 Å². The molecule has 3 N–H and O–H groups in total. The number of nitrogens with zero attached hydrogens (tertiary/aromatic N) is 2. The van der Waals surface area contributed by atoms with Crippen LogP contribution in [0.3, 0.4) is 0 Å². The number of rotatable bonds is 3. The summed E-state index contributed by atoms with van der Waals surface area (Å²) in [4.78, 5) is 17.7. The number of pyridine rings is 1. The topological polar surface area (TPSA) is 71.2 Å². The van der Waals surface area contributed by atoms with Crippen molar-refractivity contribution in [3.63, 3.8) is 0 Å². The van der Waals surface area contributed by atoms with Gasteiger partial charge < -0.3 is 0 Å². The predicted octanol–water partition coefficient (Wildman–Crippen LogP) is -0.107. The van der Waals surface area contributed by atoms with Gasteiger partial charge in [-0.2, -0.15) is 0 Å². The Kier molecular flexibility index (Phi) is 3.48. The molecule has 1 atom stereocenters. The summed E-state index contributed by atoms with van der Waals surface area (Å²) in [7, 11) is 0. The minimum atomic E-state index is -0.0614. The number of nitrogens with two attached hydrogens (primary N) is 1. The van der Waals surface area contributed by atoms with Crippen molar-refractivity contribution in [2.75, 3.05) is 13.1 Å². The largest absolute Gasteiger partial charge is 0.298 e. The fourth-order valence-corrected chi connectivity index (χ4v) is 2.06. The second-order valence-corrected chi connectivity index (χ2v) is 4.09. The fraction of sp³-hybridized carbons (Fsp3) is 0.455. The maximum Gasteiger partial charge on any atom is 0.238 e. The number of aromatic nitrogens is 1. The van der Waals surface area contributed by atoms with Gasteiger partial charge in [0, 0.05) is 25.5 Å². The van der Waals surface area contributed by atoms with Crippen LogP contribution >= 0.6 is 0 Å². The predicted molar refractivity (Wildman–Crippen MR) is 60.0 cm³/mol. The first-order chi connectivity index (χ1) is 7.79. The number of amides is 1. The van der Waals surface area contributed by atoms with Gasteiger partial charge in [-0.15, -0.1) is 0 Å². The molecule has 1 aliphatic rings. The first kappa shape index (κ1) is 11.0. The van der Waals surface area contributed by atoms with E-state index in [0.29, 0.717) is 0 Å². The number of carbonyl (C=O) groups excluding carboxylic acids is 1. The lowest BCUT2D eigenvalue weighted by molar-refractivity contribution is -0.124. The summed E-state index contributed by atoms with van der Waals surface area (Å²) in [6.45, 7) is 2.56. The van der Waals surface area contributed by atoms with E-state index in [9.17, 15) is 4.79 Å². The van der Waals surface area contributed by atoms with Crippen LogP contribution in [-0.2, 0) is 11.3 Å². The average Bonchev–Trinajstić information content (AvgIpc) is 2.78. The highest BCUT2D eigenvalue weighted by Crippen LogP contribution is 2.18. The Hall–Kier alpha value is -1.46. The minimum absolute atomic E-state index is 0.0293. The smallest absolute Gasteiger partial charge is 0.238 e. The van der Waals surface area contributed by atoms with Crippen molar-refractivity contribution in [2.24, 2.45) is 11.8 Å². The summed E-state index contributed by atoms with van der Waals surface area (Å²) in [6.07, 6.45) is 4.50. The Morgan fingerprint density at radius 2 is 2.56 bits per heavy atom. The number of hydrogen-bond acceptors (Lipinski definition) is 4. The Bertz CT molecular complexity index is 354. The third-order valence-corrected chi connectivity index (χ3v) is 2.91. The van der Waals surface area contributed by atoms with Crippen molar-refractivity contribution >= 4 is 5.91 Å². The highest BCUT2D eigenvalue weighted by molar-refractivity contribution is 5.78. The molecule has 1 amide bonds. The zero-order valence-electron chi connectivity index (χ0n) is 9.10. The van der Waals surface area contributed by atoms with Crippen molar-refractivity contribution < 1.29 is 4.79 Å². The van der Waals surface area contributed by atoms with Gasteiger partial charge in [0.2, 0.25) is 5.91 Å². The summed E-state index contributed by atoms with van der Waals surface area (Å²) < 4.78 is 0. The Morgan fingerprint density at radius 3 is 3.25 bits per heavy atom. The normalized spacial score (nSPS) is 20.9. The SMILES string of the molecule is NNC(=O)[C@@H]1CCN(Cc2cccnc2)C1. The number of likely N-dealkylation sites (tertiary alicyclic amines) is 1. The molecule has 1 aromatic heterocycles. The van der Waals surface area contributed by atoms with Crippen LogP contribution in [0.1, 0.15) is 12.0 Å². The number of hydrogen-bond donors (Lipinski definition) is 2. The third-order valence-electron chi connectivity index (χ3n) is 2.91. The lowest BCUT2D eigenvalue weighted by Gasteiger charge is -2.15. The van der Waals surface area contributed by atoms with Crippen molar-refractivity contribution in [1.29, 1.82) is 0 Å². The standard InChI is InChI=1S/C11H16N4O/c12-14-11(16)10-3-5-15(8-10)7-9-2-1-4-13-6-9/h1-2,4,6,10H,3,5,7-8,12H2,(H,14,16)/t10-/m1/s1. The summed E-state index contributed by atoms with van der Waals surface area (Å²) in [5.74, 6) is 5.09. The van der Waals surface area contributed by atoms with Crippen LogP contribution in [0.5, 0.6) is 0 Å². The van der Waals surface area contributed by atoms with Crippen LogP contribution in [0.25, 0.3) is 0 Å². The monoisotopic (exact) mass is 220 g/mol. The van der Waals surface area contributed by atoms with Crippen LogP contribution in [-0.4, -0.2) is 28.9 Å². The summed E-state index contributed by atoms with van der Waals surface area (Å²) in [6, 6.07) is 3.97. The summed E-state index contributed by atoms with van der Waals surface area (Å²) >= 11 is 0. The van der Waals surface area contributed by atoms with Gasteiger partial charge in [0.1, 0.15) is 0 Å². The highest BCUT2D eigenvalue weighted by Gasteiger charge is 2.27. The molecule has 2 heterocycles. The molecule has 5 nitrogen and oxygen atoms in total. The number of hydrazine groups is 1. The van der Waals surface area contributed by atoms with Crippen LogP contribution in [0.4, 0.5) is 0 Å². The zero-order valence-corrected chi connectivity index (χ0v) is 9.10. The van der Waals surface area contributed by atoms with Gasteiger partial charge in [0.25, 0.3) is 0 Å². The molecule has 0 aromatic carbocycles. The molecule has 1 aromatic rings. The van der Waals surface area contributed by atoms with Crippen LogP contribution < -0.4 is 11.3 Å². The molecule has 86 valence electrons. The summed E-state index contributed by atoms with van der Waals surface area (Å²) in [5.41, 5.74) is 3.39. The number of carbonyl (C=O) groups is 1. The molecule has 2 rings (SSSR count). The van der Waals surface area contributed by atoms with Gasteiger partial charge in [0.15, 0.2) is 0 Å². The lowest BCUT2D eigenvalue weighted by Crippen LogP contribution is -2.37. The first-order valence-electron chi connectivity index (χ1n) is 5.41. The van der Waals surface area contributed by atoms with Crippen molar-refractivity contribution in [3.8, 4) is 0 Å². The van der Waals surface area contributed by atoms with E-state index in [0.717, 1.165) is 26.1 Å². The van der Waals surface area contributed by atoms with E-state index in [1.165, 1.54) is 5.56 Å². The second-order valence-electron chi connectivity index (χ2n) is 4.09. The molecule has 1 saturated heterocycles. The molecule has 5 heteroatoms. The van der Waals surface area contributed by atoms with E-state index in [1.54, 1.807) is 6.20 Å². The van der Waals surface area contributed by atoms with Crippen LogP contribution in [0.2, 0.25) is 0 Å². The van der Waals surface area contributed by atoms with E-state index < -0.39 is 0 Å². The van der Waals surface area contributed by atoms with Gasteiger partial charge in [0.05, 0.1) is 5.92 Å². The lowest BCUT2D eigenvalue weighted by atomic mass is 10.1. The molecular formula is C11H16N4O. The van der Waals surface area contributed by atoms with Gasteiger partial charge in [-0.05, 0) is 24.6 Å². The minimum Gasteiger partial charge on any atom is -0.298 e. The molecule has 0 aliphatic carbocycles. The van der Waals surface area contributed by atoms with E-state index in [4.69, 9.17) is 5.84 Å². The maximum atomic E-state index is 11.3. The summed E-state index contributed by atoms with van der Waals surface area (Å²) in [5, 5.41) is 0. The first-order valence-corrected chi connectivity index (χ1v) is 5.41. The maximum absolute atomic E-state index is 11.3. The van der Waals surface area contributed by atoms with Gasteiger partial charge >= 0.3 is 0 Å². The molecule has 0 unspecified atom stereocenters. The molecule has 0 radical (unpaired) electrons. The van der Waals surface area contributed by atoms with Gasteiger partial charge in [-0.3, -0.25) is 20.1 Å². The number of nitrogens with one attached hydrogen (secondary N) is 1. The van der Waals surface area contributed by atoms with Crippen LogP contribution in [0.15, 0.2) is 24.5 Å². The van der Waals surface area contributed by atoms with E-state index in [-0.39, 0.29) is 11.8 Å². The molecule has 1 aliphatic heterocycles. The van der Waals surface area contributed by atoms with Crippen molar-refractivity contribution in [2.45, 2.75) is 13.0 Å². The van der Waals surface area contributed by atoms with Gasteiger partial charge in [-0.25, -0.2) is 5.84 Å². The highest BCUT2D eigenvalue weighted by atomic mass is 16.2. The molecule has 16 heavy (non-hydrogen) atoms. The fourth-order valence-electron chi connectivity index (χ4n) is 2.06. The molecular weight excluding hydrogens is 204 g/mol. The molecule has 0 saturated carbocycles. The Balaban J connectivity index is 1.88. The quantitative estimate of drug-likeness (QED) is 0.424. The third kappa shape index (κ3) is 2.56. The van der Waals surface area contributed by atoms with E-state index in [1.807, 2.05) is 18.3 Å². The molecule has 0 bridgehead atoms. The Labute approximate surface area is 94.6 Å². The van der Waals surface area contributed by atoms with E-state index in [2.05, 4.69) is 15.3 Å². The molecule has 1 fully saturated rings. The zero-order chi connectivity index (χ0) is 11.4. The Morgan fingerprint density at radius 1 is 1.69 bits per heavy atom. The molecule has 0 spiro atoms.